The van der Waals surface area contributed by atoms with Crippen molar-refractivity contribution in [2.24, 2.45) is 0 Å². The molecular formula is C10H8ClNS. The Morgan fingerprint density at radius 3 is 2.77 bits per heavy atom. The first-order valence-electron chi connectivity index (χ1n) is 3.63. The van der Waals surface area contributed by atoms with Crippen LogP contribution in [0.3, 0.4) is 0 Å². The summed E-state index contributed by atoms with van der Waals surface area (Å²) in [7, 11) is 0. The molecule has 0 spiro atoms. The molecular weight excluding hydrogens is 202 g/mol. The second-order valence-electron chi connectivity index (χ2n) is 2.36. The molecule has 0 saturated carbocycles. The number of thioether (sulfide) groups is 1. The van der Waals surface area contributed by atoms with Gasteiger partial charge in [-0.3, -0.25) is 0 Å². The standard InChI is InChI=1S/C10H8ClNS/c1-3-7-4-5-9(11)8(6-12)10(7)13-2/h3-5H,1H2,2H3. The van der Waals surface area contributed by atoms with Crippen LogP contribution in [0.2, 0.25) is 5.02 Å². The van der Waals surface area contributed by atoms with Crippen molar-refractivity contribution < 1.29 is 0 Å². The normalized spacial score (nSPS) is 9.31. The second-order valence-corrected chi connectivity index (χ2v) is 3.58. The Bertz CT molecular complexity index is 379. The summed E-state index contributed by atoms with van der Waals surface area (Å²) >= 11 is 7.37. The molecule has 1 nitrogen and oxygen atoms in total. The molecule has 0 aromatic heterocycles. The molecule has 13 heavy (non-hydrogen) atoms. The lowest BCUT2D eigenvalue weighted by Crippen LogP contribution is -1.86. The van der Waals surface area contributed by atoms with Crippen LogP contribution in [0.15, 0.2) is 23.6 Å². The van der Waals surface area contributed by atoms with Gasteiger partial charge in [0.1, 0.15) is 6.07 Å². The molecule has 0 fully saturated rings. The summed E-state index contributed by atoms with van der Waals surface area (Å²) < 4.78 is 0. The van der Waals surface area contributed by atoms with Gasteiger partial charge < -0.3 is 0 Å². The summed E-state index contributed by atoms with van der Waals surface area (Å²) in [4.78, 5) is 0.894. The van der Waals surface area contributed by atoms with Crippen LogP contribution in [0, 0.1) is 11.3 Å². The van der Waals surface area contributed by atoms with Gasteiger partial charge in [0.05, 0.1) is 10.6 Å². The fourth-order valence-corrected chi connectivity index (χ4v) is 2.06. The molecule has 0 radical (unpaired) electrons. The zero-order chi connectivity index (χ0) is 9.84. The third kappa shape index (κ3) is 1.88. The van der Waals surface area contributed by atoms with E-state index in [2.05, 4.69) is 12.6 Å². The van der Waals surface area contributed by atoms with Crippen molar-refractivity contribution in [3.05, 3.63) is 34.9 Å². The third-order valence-corrected chi connectivity index (χ3v) is 2.84. The predicted octanol–water partition coefficient (Wildman–Crippen LogP) is 3.58. The maximum Gasteiger partial charge on any atom is 0.102 e. The van der Waals surface area contributed by atoms with Crippen LogP contribution in [-0.2, 0) is 0 Å². The Morgan fingerprint density at radius 2 is 2.31 bits per heavy atom. The van der Waals surface area contributed by atoms with Gasteiger partial charge >= 0.3 is 0 Å². The molecule has 0 aliphatic rings. The SMILES string of the molecule is C=Cc1ccc(Cl)c(C#N)c1SC. The zero-order valence-electron chi connectivity index (χ0n) is 7.17. The monoisotopic (exact) mass is 209 g/mol. The molecule has 0 aliphatic carbocycles. The fourth-order valence-electron chi connectivity index (χ4n) is 1.06. The van der Waals surface area contributed by atoms with E-state index < -0.39 is 0 Å². The number of halogens is 1. The van der Waals surface area contributed by atoms with Gasteiger partial charge in [-0.1, -0.05) is 30.3 Å². The van der Waals surface area contributed by atoms with Gasteiger partial charge in [-0.2, -0.15) is 5.26 Å². The van der Waals surface area contributed by atoms with Crippen LogP contribution in [0.5, 0.6) is 0 Å². The average molecular weight is 210 g/mol. The Labute approximate surface area is 87.0 Å². The molecule has 66 valence electrons. The van der Waals surface area contributed by atoms with E-state index in [1.165, 1.54) is 11.8 Å². The molecule has 0 bridgehead atoms. The minimum absolute atomic E-state index is 0.498. The minimum Gasteiger partial charge on any atom is -0.192 e. The van der Waals surface area contributed by atoms with Crippen molar-refractivity contribution in [3.8, 4) is 6.07 Å². The fraction of sp³-hybridized carbons (Fsp3) is 0.100. The highest BCUT2D eigenvalue weighted by atomic mass is 35.5. The number of benzene rings is 1. The summed E-state index contributed by atoms with van der Waals surface area (Å²) in [5, 5.41) is 9.37. The first kappa shape index (κ1) is 10.2. The Kier molecular flexibility index (Phi) is 3.41. The topological polar surface area (TPSA) is 23.8 Å². The van der Waals surface area contributed by atoms with Crippen LogP contribution in [0.25, 0.3) is 6.08 Å². The van der Waals surface area contributed by atoms with Gasteiger partial charge in [0, 0.05) is 4.90 Å². The van der Waals surface area contributed by atoms with Crippen LogP contribution in [0.1, 0.15) is 11.1 Å². The second kappa shape index (κ2) is 4.36. The highest BCUT2D eigenvalue weighted by Crippen LogP contribution is 2.30. The molecule has 1 aromatic rings. The summed E-state index contributed by atoms with van der Waals surface area (Å²) in [6.07, 6.45) is 3.64. The summed E-state index contributed by atoms with van der Waals surface area (Å²) in [5.41, 5.74) is 1.49. The Balaban J connectivity index is 3.47. The van der Waals surface area contributed by atoms with Crippen LogP contribution >= 0.6 is 23.4 Å². The molecule has 0 saturated heterocycles. The summed E-state index contributed by atoms with van der Waals surface area (Å²) in [6, 6.07) is 5.67. The molecule has 3 heteroatoms. The molecule has 0 aliphatic heterocycles. The average Bonchev–Trinajstić information content (AvgIpc) is 2.17. The van der Waals surface area contributed by atoms with E-state index in [0.29, 0.717) is 10.6 Å². The maximum atomic E-state index is 8.87. The van der Waals surface area contributed by atoms with E-state index in [4.69, 9.17) is 16.9 Å². The highest BCUT2D eigenvalue weighted by Gasteiger charge is 2.08. The first-order chi connectivity index (χ1) is 6.24. The number of nitriles is 1. The van der Waals surface area contributed by atoms with Crippen LogP contribution in [-0.4, -0.2) is 6.26 Å². The van der Waals surface area contributed by atoms with Gasteiger partial charge in [-0.25, -0.2) is 0 Å². The van der Waals surface area contributed by atoms with Gasteiger partial charge in [0.2, 0.25) is 0 Å². The largest absolute Gasteiger partial charge is 0.192 e. The molecule has 0 atom stereocenters. The predicted molar refractivity (Wildman–Crippen MR) is 58.0 cm³/mol. The number of hydrogen-bond acceptors (Lipinski definition) is 2. The van der Waals surface area contributed by atoms with Crippen molar-refractivity contribution in [2.45, 2.75) is 4.90 Å². The number of hydrogen-bond donors (Lipinski definition) is 0. The lowest BCUT2D eigenvalue weighted by molar-refractivity contribution is 1.35. The summed E-state index contributed by atoms with van der Waals surface area (Å²) in [6.45, 7) is 3.68. The van der Waals surface area contributed by atoms with Gasteiger partial charge in [0.25, 0.3) is 0 Å². The van der Waals surface area contributed by atoms with E-state index in [0.717, 1.165) is 10.5 Å². The minimum atomic E-state index is 0.498. The van der Waals surface area contributed by atoms with Crippen molar-refractivity contribution in [2.75, 3.05) is 6.26 Å². The van der Waals surface area contributed by atoms with Crippen molar-refractivity contribution >= 4 is 29.4 Å². The smallest absolute Gasteiger partial charge is 0.102 e. The molecule has 1 rings (SSSR count). The van der Waals surface area contributed by atoms with Gasteiger partial charge in [0.15, 0.2) is 0 Å². The Hall–Kier alpha value is -0.910. The Morgan fingerprint density at radius 1 is 1.62 bits per heavy atom. The van der Waals surface area contributed by atoms with Crippen LogP contribution < -0.4 is 0 Å². The lowest BCUT2D eigenvalue weighted by Gasteiger charge is -2.05. The quantitative estimate of drug-likeness (QED) is 0.696. The van der Waals surface area contributed by atoms with Crippen molar-refractivity contribution in [1.82, 2.24) is 0 Å². The molecule has 0 heterocycles. The highest BCUT2D eigenvalue weighted by molar-refractivity contribution is 7.98. The zero-order valence-corrected chi connectivity index (χ0v) is 8.75. The molecule has 0 unspecified atom stereocenters. The number of nitrogens with zero attached hydrogens (tertiary/aromatic N) is 1. The number of rotatable bonds is 2. The van der Waals surface area contributed by atoms with Crippen LogP contribution in [0.4, 0.5) is 0 Å². The first-order valence-corrected chi connectivity index (χ1v) is 5.24. The van der Waals surface area contributed by atoms with E-state index in [-0.39, 0.29) is 0 Å². The van der Waals surface area contributed by atoms with Gasteiger partial charge in [-0.15, -0.1) is 11.8 Å². The lowest BCUT2D eigenvalue weighted by atomic mass is 10.1. The maximum absolute atomic E-state index is 8.87. The third-order valence-electron chi connectivity index (χ3n) is 1.67. The van der Waals surface area contributed by atoms with E-state index in [1.807, 2.05) is 12.3 Å². The molecule has 1 aromatic carbocycles. The molecule has 0 amide bonds. The van der Waals surface area contributed by atoms with Crippen molar-refractivity contribution in [1.29, 1.82) is 5.26 Å². The summed E-state index contributed by atoms with van der Waals surface area (Å²) in [5.74, 6) is 0. The van der Waals surface area contributed by atoms with Gasteiger partial charge in [-0.05, 0) is 17.9 Å². The van der Waals surface area contributed by atoms with E-state index in [9.17, 15) is 0 Å². The molecule has 0 N–H and O–H groups in total. The van der Waals surface area contributed by atoms with Crippen molar-refractivity contribution in [3.63, 3.8) is 0 Å². The van der Waals surface area contributed by atoms with E-state index >= 15 is 0 Å². The van der Waals surface area contributed by atoms with E-state index in [1.54, 1.807) is 12.1 Å².